The van der Waals surface area contributed by atoms with Crippen LogP contribution >= 0.6 is 0 Å². The molecule has 28 heavy (non-hydrogen) atoms. The molecule has 0 heterocycles. The molecule has 8 aliphatic rings. The van der Waals surface area contributed by atoms with Crippen LogP contribution in [0.3, 0.4) is 0 Å². The fourth-order valence-corrected chi connectivity index (χ4v) is 11.3. The normalized spacial score (nSPS) is 51.6. The molecule has 8 aliphatic carbocycles. The van der Waals surface area contributed by atoms with E-state index >= 15 is 0 Å². The van der Waals surface area contributed by atoms with Gasteiger partial charge in [0.25, 0.3) is 0 Å². The summed E-state index contributed by atoms with van der Waals surface area (Å²) in [7, 11) is 0. The zero-order valence-corrected chi connectivity index (χ0v) is 17.8. The van der Waals surface area contributed by atoms with Gasteiger partial charge >= 0.3 is 0 Å². The fourth-order valence-electron chi connectivity index (χ4n) is 11.3. The second-order valence-electron chi connectivity index (χ2n) is 12.9. The summed E-state index contributed by atoms with van der Waals surface area (Å²) >= 11 is 0. The van der Waals surface area contributed by atoms with E-state index in [1.807, 2.05) is 0 Å². The van der Waals surface area contributed by atoms with Crippen LogP contribution < -0.4 is 0 Å². The number of hydrogen-bond donors (Lipinski definition) is 0. The molecule has 150 valence electrons. The predicted octanol–water partition coefficient (Wildman–Crippen LogP) is 7.51. The van der Waals surface area contributed by atoms with Gasteiger partial charge < -0.3 is 0 Å². The average molecular weight is 375 g/mol. The number of benzene rings is 1. The third-order valence-electron chi connectivity index (χ3n) is 10.8. The highest BCUT2D eigenvalue weighted by molar-refractivity contribution is 5.32. The van der Waals surface area contributed by atoms with Crippen molar-refractivity contribution in [3.05, 3.63) is 35.4 Å². The Morgan fingerprint density at radius 3 is 1.39 bits per heavy atom. The molecule has 0 saturated heterocycles. The monoisotopic (exact) mass is 374 g/mol. The first-order valence-corrected chi connectivity index (χ1v) is 12.7. The standard InChI is InChI=1S/C28H38/c1-18-3-2-4-25(5-18)26(27-12-19-6-20(13-27)8-21(7-19)14-27)28-15-22-9-23(16-28)11-24(10-22)17-28/h2-5,19-24,26H,6-17H2,1H3. The lowest BCUT2D eigenvalue weighted by Crippen LogP contribution is -2.57. The summed E-state index contributed by atoms with van der Waals surface area (Å²) in [5.74, 6) is 7.33. The predicted molar refractivity (Wildman–Crippen MR) is 115 cm³/mol. The van der Waals surface area contributed by atoms with E-state index in [2.05, 4.69) is 31.2 Å². The lowest BCUT2D eigenvalue weighted by atomic mass is 9.37. The van der Waals surface area contributed by atoms with Crippen LogP contribution in [0.2, 0.25) is 0 Å². The topological polar surface area (TPSA) is 0 Å². The van der Waals surface area contributed by atoms with Crippen LogP contribution in [0.1, 0.15) is 94.1 Å². The zero-order chi connectivity index (χ0) is 18.5. The van der Waals surface area contributed by atoms with E-state index in [9.17, 15) is 0 Å². The highest BCUT2D eigenvalue weighted by Crippen LogP contribution is 2.73. The molecule has 0 unspecified atom stereocenters. The summed E-state index contributed by atoms with van der Waals surface area (Å²) in [5, 5.41) is 0. The van der Waals surface area contributed by atoms with Gasteiger partial charge in [0.1, 0.15) is 0 Å². The summed E-state index contributed by atoms with van der Waals surface area (Å²) in [6.07, 6.45) is 19.0. The minimum Gasteiger partial charge on any atom is -0.0617 e. The molecule has 9 rings (SSSR count). The molecule has 8 fully saturated rings. The highest BCUT2D eigenvalue weighted by atomic mass is 14.7. The van der Waals surface area contributed by atoms with Gasteiger partial charge in [-0.1, -0.05) is 29.8 Å². The van der Waals surface area contributed by atoms with Gasteiger partial charge in [0, 0.05) is 0 Å². The second kappa shape index (κ2) is 5.67. The van der Waals surface area contributed by atoms with Gasteiger partial charge in [0.2, 0.25) is 0 Å². The first-order chi connectivity index (χ1) is 13.6. The molecule has 0 spiro atoms. The minimum absolute atomic E-state index is 0.661. The molecule has 0 amide bonds. The summed E-state index contributed by atoms with van der Waals surface area (Å²) in [4.78, 5) is 0. The first kappa shape index (κ1) is 17.0. The summed E-state index contributed by atoms with van der Waals surface area (Å²) in [5.41, 5.74) is 4.59. The largest absolute Gasteiger partial charge is 0.0617 e. The van der Waals surface area contributed by atoms with Crippen LogP contribution in [-0.2, 0) is 0 Å². The van der Waals surface area contributed by atoms with Crippen LogP contribution in [0.4, 0.5) is 0 Å². The number of rotatable bonds is 3. The van der Waals surface area contributed by atoms with Crippen molar-refractivity contribution < 1.29 is 0 Å². The Morgan fingerprint density at radius 1 is 0.643 bits per heavy atom. The van der Waals surface area contributed by atoms with E-state index in [1.165, 1.54) is 5.56 Å². The van der Waals surface area contributed by atoms with Crippen molar-refractivity contribution in [3.8, 4) is 0 Å². The molecular formula is C28H38. The first-order valence-electron chi connectivity index (χ1n) is 12.7. The Bertz CT molecular complexity index is 670. The van der Waals surface area contributed by atoms with Crippen molar-refractivity contribution >= 4 is 0 Å². The maximum atomic E-state index is 2.63. The Hall–Kier alpha value is -0.780. The number of hydrogen-bond acceptors (Lipinski definition) is 0. The van der Waals surface area contributed by atoms with E-state index in [0.29, 0.717) is 10.8 Å². The highest BCUT2D eigenvalue weighted by Gasteiger charge is 2.63. The molecule has 8 saturated carbocycles. The van der Waals surface area contributed by atoms with Gasteiger partial charge in [0.15, 0.2) is 0 Å². The SMILES string of the molecule is Cc1cccc(C(C23CC4CC(CC(C4)C2)C3)C23CC4CC(CC(C4)C2)C3)c1. The van der Waals surface area contributed by atoms with Gasteiger partial charge in [-0.3, -0.25) is 0 Å². The molecular weight excluding hydrogens is 336 g/mol. The van der Waals surface area contributed by atoms with Crippen LogP contribution in [0.15, 0.2) is 24.3 Å². The van der Waals surface area contributed by atoms with Gasteiger partial charge in [-0.2, -0.15) is 0 Å². The lowest BCUT2D eigenvalue weighted by Gasteiger charge is -2.67. The Balaban J connectivity index is 1.38. The van der Waals surface area contributed by atoms with Crippen LogP contribution in [0.5, 0.6) is 0 Å². The quantitative estimate of drug-likeness (QED) is 0.513. The second-order valence-corrected chi connectivity index (χ2v) is 12.9. The third-order valence-corrected chi connectivity index (χ3v) is 10.8. The van der Waals surface area contributed by atoms with Gasteiger partial charge in [-0.05, 0) is 142 Å². The van der Waals surface area contributed by atoms with Crippen LogP contribution in [0.25, 0.3) is 0 Å². The Kier molecular flexibility index (Phi) is 3.44. The van der Waals surface area contributed by atoms with E-state index in [0.717, 1.165) is 41.4 Å². The maximum absolute atomic E-state index is 2.63. The van der Waals surface area contributed by atoms with E-state index in [4.69, 9.17) is 0 Å². The fraction of sp³-hybridized carbons (Fsp3) is 0.786. The van der Waals surface area contributed by atoms with Gasteiger partial charge in [-0.15, -0.1) is 0 Å². The molecule has 1 aromatic rings. The minimum atomic E-state index is 0.661. The van der Waals surface area contributed by atoms with E-state index < -0.39 is 0 Å². The molecule has 0 nitrogen and oxygen atoms in total. The molecule has 1 aromatic carbocycles. The average Bonchev–Trinajstić information content (AvgIpc) is 2.59. The van der Waals surface area contributed by atoms with Gasteiger partial charge in [-0.25, -0.2) is 0 Å². The van der Waals surface area contributed by atoms with Gasteiger partial charge in [0.05, 0.1) is 0 Å². The lowest BCUT2D eigenvalue weighted by molar-refractivity contribution is -0.144. The van der Waals surface area contributed by atoms with E-state index in [1.54, 1.807) is 82.6 Å². The smallest absolute Gasteiger partial charge is 0.00480 e. The molecule has 0 heteroatoms. The molecule has 0 N–H and O–H groups in total. The molecule has 0 atom stereocenters. The van der Waals surface area contributed by atoms with Crippen LogP contribution in [-0.4, -0.2) is 0 Å². The Labute approximate surface area is 171 Å². The van der Waals surface area contributed by atoms with Crippen molar-refractivity contribution in [2.75, 3.05) is 0 Å². The Morgan fingerprint density at radius 2 is 1.04 bits per heavy atom. The zero-order valence-electron chi connectivity index (χ0n) is 17.8. The summed E-state index contributed by atoms with van der Waals surface area (Å²) in [6, 6.07) is 9.91. The number of aryl methyl sites for hydroxylation is 1. The molecule has 0 aromatic heterocycles. The third kappa shape index (κ3) is 2.36. The van der Waals surface area contributed by atoms with Crippen LogP contribution in [0, 0.1) is 53.3 Å². The van der Waals surface area contributed by atoms with E-state index in [-0.39, 0.29) is 0 Å². The summed E-state index contributed by atoms with van der Waals surface area (Å²) in [6.45, 7) is 2.33. The molecule has 8 bridgehead atoms. The molecule has 0 radical (unpaired) electrons. The van der Waals surface area contributed by atoms with Crippen molar-refractivity contribution in [1.82, 2.24) is 0 Å². The van der Waals surface area contributed by atoms with Crippen molar-refractivity contribution in [1.29, 1.82) is 0 Å². The maximum Gasteiger partial charge on any atom is -0.00480 e. The molecule has 0 aliphatic heterocycles. The van der Waals surface area contributed by atoms with Crippen molar-refractivity contribution in [2.45, 2.75) is 89.9 Å². The van der Waals surface area contributed by atoms with Crippen molar-refractivity contribution in [3.63, 3.8) is 0 Å². The summed E-state index contributed by atoms with van der Waals surface area (Å²) < 4.78 is 0. The van der Waals surface area contributed by atoms with Crippen molar-refractivity contribution in [2.24, 2.45) is 46.3 Å².